The van der Waals surface area contributed by atoms with E-state index in [9.17, 15) is 15.0 Å². The first-order valence-corrected chi connectivity index (χ1v) is 12.2. The molecule has 0 radical (unpaired) electrons. The number of aliphatic hydroxyl groups excluding tert-OH is 1. The molecule has 0 aliphatic heterocycles. The molecule has 4 aromatic rings. The van der Waals surface area contributed by atoms with Gasteiger partial charge < -0.3 is 25.4 Å². The van der Waals surface area contributed by atoms with Gasteiger partial charge in [0.1, 0.15) is 11.7 Å². The van der Waals surface area contributed by atoms with E-state index in [2.05, 4.69) is 40.9 Å². The Morgan fingerprint density at radius 2 is 2.00 bits per heavy atom. The van der Waals surface area contributed by atoms with Crippen LogP contribution in [0.15, 0.2) is 31.0 Å². The van der Waals surface area contributed by atoms with E-state index in [1.54, 1.807) is 42.5 Å². The van der Waals surface area contributed by atoms with Gasteiger partial charge >= 0.3 is 0 Å². The molecule has 7 rings (SSSR count). The normalized spacial score (nSPS) is 30.0. The average molecular weight is 504 g/mol. The summed E-state index contributed by atoms with van der Waals surface area (Å²) in [4.78, 5) is 34.9. The third-order valence-electron chi connectivity index (χ3n) is 8.14. The maximum absolute atomic E-state index is 12.6. The minimum atomic E-state index is -1.49. The molecule has 0 aromatic carbocycles. The highest BCUT2D eigenvalue weighted by Crippen LogP contribution is 2.77. The van der Waals surface area contributed by atoms with Crippen molar-refractivity contribution >= 4 is 22.9 Å². The molecular weight excluding hydrogens is 478 g/mol. The first-order valence-electron chi connectivity index (χ1n) is 12.2. The number of carbonyl (C=O) groups excluding carboxylic acids is 1. The van der Waals surface area contributed by atoms with Crippen molar-refractivity contribution in [3.8, 4) is 17.5 Å². The van der Waals surface area contributed by atoms with Crippen LogP contribution in [0.4, 0.5) is 5.82 Å². The first kappa shape index (κ1) is 22.2. The van der Waals surface area contributed by atoms with Crippen molar-refractivity contribution in [2.45, 2.75) is 37.5 Å². The fourth-order valence-electron chi connectivity index (χ4n) is 5.78. The molecule has 3 unspecified atom stereocenters. The lowest BCUT2D eigenvalue weighted by Crippen LogP contribution is -2.50. The molecule has 3 aliphatic rings. The zero-order chi connectivity index (χ0) is 25.5. The molecule has 0 saturated heterocycles. The van der Waals surface area contributed by atoms with Gasteiger partial charge in [0, 0.05) is 31.9 Å². The van der Waals surface area contributed by atoms with Crippen LogP contribution < -0.4 is 10.6 Å². The second-order valence-electron chi connectivity index (χ2n) is 10.2. The fraction of sp³-hybridized carbons (Fsp3) is 0.478. The molecule has 1 amide bonds. The lowest BCUT2D eigenvalue weighted by atomic mass is 9.85. The number of rotatable bonds is 7. The number of anilines is 1. The van der Waals surface area contributed by atoms with Gasteiger partial charge in [-0.1, -0.05) is 5.21 Å². The van der Waals surface area contributed by atoms with E-state index in [0.29, 0.717) is 34.4 Å². The van der Waals surface area contributed by atoms with Crippen LogP contribution in [0.25, 0.3) is 28.6 Å². The molecule has 3 fully saturated rings. The highest BCUT2D eigenvalue weighted by molar-refractivity contribution is 5.90. The van der Waals surface area contributed by atoms with Gasteiger partial charge in [0.25, 0.3) is 5.95 Å². The van der Waals surface area contributed by atoms with Crippen molar-refractivity contribution in [2.24, 2.45) is 17.3 Å². The van der Waals surface area contributed by atoms with Crippen LogP contribution in [0.1, 0.15) is 25.8 Å². The molecule has 37 heavy (non-hydrogen) atoms. The number of amides is 1. The van der Waals surface area contributed by atoms with E-state index in [1.165, 1.54) is 24.6 Å². The third-order valence-corrected chi connectivity index (χ3v) is 8.14. The lowest BCUT2D eigenvalue weighted by Gasteiger charge is -2.37. The minimum absolute atomic E-state index is 0.246. The zero-order valence-electron chi connectivity index (χ0n) is 20.1. The summed E-state index contributed by atoms with van der Waals surface area (Å²) < 4.78 is 3.16. The second-order valence-corrected chi connectivity index (χ2v) is 10.2. The summed E-state index contributed by atoms with van der Waals surface area (Å²) in [6, 6.07) is 1.13. The Labute approximate surface area is 210 Å². The Morgan fingerprint density at radius 1 is 1.22 bits per heavy atom. The molecule has 4 N–H and O–H groups in total. The molecule has 0 bridgehead atoms. The molecule has 4 heterocycles. The van der Waals surface area contributed by atoms with Crippen molar-refractivity contribution in [1.82, 2.24) is 49.8 Å². The summed E-state index contributed by atoms with van der Waals surface area (Å²) in [5.41, 5.74) is -1.16. The monoisotopic (exact) mass is 503 g/mol. The maximum atomic E-state index is 12.6. The number of aromatic nitrogens is 9. The van der Waals surface area contributed by atoms with Crippen LogP contribution in [0.3, 0.4) is 0 Å². The number of nitrogens with zero attached hydrogens (tertiary/aromatic N) is 9. The second kappa shape index (κ2) is 7.49. The van der Waals surface area contributed by atoms with Gasteiger partial charge in [-0.3, -0.25) is 4.79 Å². The molecule has 0 spiro atoms. The number of hydrogen-bond donors (Lipinski definition) is 4. The number of fused-ring (bicyclic) bond motifs is 2. The van der Waals surface area contributed by atoms with Crippen molar-refractivity contribution in [2.75, 3.05) is 18.9 Å². The fourth-order valence-corrected chi connectivity index (χ4v) is 5.78. The van der Waals surface area contributed by atoms with E-state index in [1.807, 2.05) is 0 Å². The van der Waals surface area contributed by atoms with Crippen LogP contribution in [-0.4, -0.2) is 85.9 Å². The molecule has 14 nitrogen and oxygen atoms in total. The summed E-state index contributed by atoms with van der Waals surface area (Å²) in [7, 11) is 1.52. The minimum Gasteiger partial charge on any atom is -0.388 e. The summed E-state index contributed by atoms with van der Waals surface area (Å²) >= 11 is 0. The third kappa shape index (κ3) is 2.93. The van der Waals surface area contributed by atoms with Crippen molar-refractivity contribution in [3.05, 3.63) is 31.0 Å². The smallest absolute Gasteiger partial charge is 0.256 e. The summed E-state index contributed by atoms with van der Waals surface area (Å²) in [6.07, 6.45) is 7.63. The molecule has 5 atom stereocenters. The molecular formula is C23H25N11O3. The van der Waals surface area contributed by atoms with E-state index in [0.717, 1.165) is 6.54 Å². The predicted molar refractivity (Wildman–Crippen MR) is 128 cm³/mol. The van der Waals surface area contributed by atoms with E-state index < -0.39 is 29.1 Å². The van der Waals surface area contributed by atoms with E-state index in [4.69, 9.17) is 4.98 Å². The standard InChI is InChI=1S/C23H25N11O3/c1-22(20(36)24-2)15-14(16(35)23(15,22)37)33-10-28-13-18(27-8-11-4-5-11)29-21(30-19(13)33)34-9-12(31-32-34)17-25-6-3-7-26-17/h3,6-7,9-11,14-16,35,37H,4-5,8H2,1-2H3,(H,24,36)(H,27,29,30)/t14?,15?,16?,22-,23+/m0/s1. The van der Waals surface area contributed by atoms with Crippen molar-refractivity contribution in [3.63, 3.8) is 0 Å². The number of carbonyl (C=O) groups is 1. The number of nitrogens with one attached hydrogen (secondary N) is 2. The van der Waals surface area contributed by atoms with Crippen LogP contribution in [0, 0.1) is 17.3 Å². The molecule has 190 valence electrons. The largest absolute Gasteiger partial charge is 0.388 e. The molecule has 14 heteroatoms. The highest BCUT2D eigenvalue weighted by atomic mass is 16.4. The van der Waals surface area contributed by atoms with Gasteiger partial charge in [0.05, 0.1) is 24.0 Å². The van der Waals surface area contributed by atoms with E-state index in [-0.39, 0.29) is 11.9 Å². The molecule has 3 saturated carbocycles. The lowest BCUT2D eigenvalue weighted by molar-refractivity contribution is -0.133. The Hall–Kier alpha value is -4.04. The summed E-state index contributed by atoms with van der Waals surface area (Å²) in [5.74, 6) is 0.995. The number of aliphatic hydroxyl groups is 2. The summed E-state index contributed by atoms with van der Waals surface area (Å²) in [5, 5.41) is 36.4. The van der Waals surface area contributed by atoms with Crippen LogP contribution in [0.2, 0.25) is 0 Å². The number of hydrogen-bond acceptors (Lipinski definition) is 11. The van der Waals surface area contributed by atoms with Crippen molar-refractivity contribution in [1.29, 1.82) is 0 Å². The molecule has 4 aromatic heterocycles. The van der Waals surface area contributed by atoms with Gasteiger partial charge in [0.15, 0.2) is 28.5 Å². The number of imidazole rings is 1. The maximum Gasteiger partial charge on any atom is 0.256 e. The topological polar surface area (TPSA) is 182 Å². The van der Waals surface area contributed by atoms with Crippen LogP contribution >= 0.6 is 0 Å². The SMILES string of the molecule is CNC(=O)[C@]1(C)C2C(n3cnc4c(NCC5CC5)nc(-n5cc(-c6ncccn6)nn5)nc43)C(O)[C@]21O. The highest BCUT2D eigenvalue weighted by Gasteiger charge is 2.91. The van der Waals surface area contributed by atoms with Crippen LogP contribution in [-0.2, 0) is 4.79 Å². The van der Waals surface area contributed by atoms with Crippen LogP contribution in [0.5, 0.6) is 0 Å². The Kier molecular flexibility index (Phi) is 4.49. The van der Waals surface area contributed by atoms with Gasteiger partial charge in [-0.05, 0) is 31.7 Å². The van der Waals surface area contributed by atoms with Gasteiger partial charge in [0.2, 0.25) is 5.91 Å². The predicted octanol–water partition coefficient (Wildman–Crippen LogP) is -0.285. The first-order chi connectivity index (χ1) is 17.9. The van der Waals surface area contributed by atoms with Gasteiger partial charge in [-0.15, -0.1) is 5.10 Å². The van der Waals surface area contributed by atoms with Gasteiger partial charge in [-0.2, -0.15) is 14.6 Å². The molecule has 3 aliphatic carbocycles. The Morgan fingerprint density at radius 3 is 2.73 bits per heavy atom. The Balaban J connectivity index is 1.31. The summed E-state index contributed by atoms with van der Waals surface area (Å²) in [6.45, 7) is 2.42. The van der Waals surface area contributed by atoms with Crippen molar-refractivity contribution < 1.29 is 15.0 Å². The average Bonchev–Trinajstić information content (AvgIpc) is 3.63. The quantitative estimate of drug-likeness (QED) is 0.260. The Bertz CT molecular complexity index is 1530. The zero-order valence-corrected chi connectivity index (χ0v) is 20.1. The van der Waals surface area contributed by atoms with Gasteiger partial charge in [-0.25, -0.2) is 15.0 Å². The van der Waals surface area contributed by atoms with E-state index >= 15 is 0 Å².